The van der Waals surface area contributed by atoms with Crippen LogP contribution >= 0.6 is 0 Å². The molecule has 0 saturated carbocycles. The number of carbonyl (C=O) groups is 1. The van der Waals surface area contributed by atoms with E-state index in [4.69, 9.17) is 4.42 Å². The van der Waals surface area contributed by atoms with Crippen molar-refractivity contribution in [3.05, 3.63) is 78.5 Å². The third-order valence-corrected chi connectivity index (χ3v) is 4.24. The molecule has 4 rings (SSSR count). The molecular formula is C20H17N3O2. The molecule has 4 aromatic rings. The van der Waals surface area contributed by atoms with Crippen LogP contribution < -0.4 is 5.32 Å². The predicted molar refractivity (Wildman–Crippen MR) is 96.0 cm³/mol. The number of amides is 1. The van der Waals surface area contributed by atoms with Crippen LogP contribution in [-0.2, 0) is 13.6 Å². The van der Waals surface area contributed by atoms with Crippen molar-refractivity contribution in [3.8, 4) is 11.1 Å². The average molecular weight is 331 g/mol. The smallest absolute Gasteiger partial charge is 0.288 e. The highest BCUT2D eigenvalue weighted by Crippen LogP contribution is 2.24. The number of nitrogens with one attached hydrogen (secondary N) is 1. The van der Waals surface area contributed by atoms with E-state index < -0.39 is 0 Å². The van der Waals surface area contributed by atoms with Gasteiger partial charge in [0.25, 0.3) is 5.91 Å². The summed E-state index contributed by atoms with van der Waals surface area (Å²) in [6.07, 6.45) is 1.53. The number of furan rings is 1. The van der Waals surface area contributed by atoms with Gasteiger partial charge in [0.05, 0.1) is 23.8 Å². The minimum Gasteiger partial charge on any atom is -0.459 e. The molecule has 5 heteroatoms. The Morgan fingerprint density at radius 3 is 2.64 bits per heavy atom. The number of hydrogen-bond donors (Lipinski definition) is 1. The van der Waals surface area contributed by atoms with Gasteiger partial charge in [-0.15, -0.1) is 0 Å². The lowest BCUT2D eigenvalue weighted by Crippen LogP contribution is -2.24. The van der Waals surface area contributed by atoms with E-state index in [2.05, 4.69) is 10.3 Å². The zero-order chi connectivity index (χ0) is 17.2. The van der Waals surface area contributed by atoms with Gasteiger partial charge in [-0.2, -0.15) is 0 Å². The topological polar surface area (TPSA) is 60.1 Å². The SMILES string of the molecule is Cn1c(CNC(=O)c2occc2-c2ccccc2)nc2ccccc21. The Morgan fingerprint density at radius 2 is 1.84 bits per heavy atom. The van der Waals surface area contributed by atoms with Crippen molar-refractivity contribution in [2.24, 2.45) is 7.05 Å². The highest BCUT2D eigenvalue weighted by Gasteiger charge is 2.17. The monoisotopic (exact) mass is 331 g/mol. The number of para-hydroxylation sites is 2. The second-order valence-corrected chi connectivity index (χ2v) is 5.79. The summed E-state index contributed by atoms with van der Waals surface area (Å²) < 4.78 is 7.40. The number of hydrogen-bond acceptors (Lipinski definition) is 3. The fourth-order valence-corrected chi connectivity index (χ4v) is 2.92. The first-order valence-electron chi connectivity index (χ1n) is 8.05. The Hall–Kier alpha value is -3.34. The van der Waals surface area contributed by atoms with Crippen molar-refractivity contribution < 1.29 is 9.21 Å². The average Bonchev–Trinajstić information content (AvgIpc) is 3.26. The largest absolute Gasteiger partial charge is 0.459 e. The number of nitrogens with zero attached hydrogens (tertiary/aromatic N) is 2. The first-order chi connectivity index (χ1) is 12.2. The van der Waals surface area contributed by atoms with Crippen molar-refractivity contribution in [2.45, 2.75) is 6.54 Å². The lowest BCUT2D eigenvalue weighted by molar-refractivity contribution is 0.0923. The summed E-state index contributed by atoms with van der Waals surface area (Å²) in [7, 11) is 1.94. The Labute approximate surface area is 144 Å². The lowest BCUT2D eigenvalue weighted by Gasteiger charge is -2.06. The van der Waals surface area contributed by atoms with Gasteiger partial charge in [0.1, 0.15) is 5.82 Å². The maximum Gasteiger partial charge on any atom is 0.288 e. The lowest BCUT2D eigenvalue weighted by atomic mass is 10.1. The van der Waals surface area contributed by atoms with Gasteiger partial charge >= 0.3 is 0 Å². The molecule has 2 heterocycles. The summed E-state index contributed by atoms with van der Waals surface area (Å²) in [5.74, 6) is 0.850. The standard InChI is InChI=1S/C20H17N3O2/c1-23-17-10-6-5-9-16(17)22-18(23)13-21-20(24)19-15(11-12-25-19)14-7-3-2-4-8-14/h2-12H,13H2,1H3,(H,21,24). The second kappa shape index (κ2) is 6.28. The molecule has 0 radical (unpaired) electrons. The molecule has 5 nitrogen and oxygen atoms in total. The van der Waals surface area contributed by atoms with E-state index in [0.29, 0.717) is 12.3 Å². The van der Waals surface area contributed by atoms with E-state index in [1.54, 1.807) is 6.07 Å². The number of rotatable bonds is 4. The molecule has 0 bridgehead atoms. The van der Waals surface area contributed by atoms with Gasteiger partial charge in [0.15, 0.2) is 5.76 Å². The predicted octanol–water partition coefficient (Wildman–Crippen LogP) is 3.76. The van der Waals surface area contributed by atoms with Crippen LogP contribution in [0.4, 0.5) is 0 Å². The Kier molecular flexibility index (Phi) is 3.82. The summed E-state index contributed by atoms with van der Waals surface area (Å²) in [5, 5.41) is 2.90. The third kappa shape index (κ3) is 2.80. The fraction of sp³-hybridized carbons (Fsp3) is 0.100. The number of imidazole rings is 1. The molecule has 0 saturated heterocycles. The first-order valence-corrected chi connectivity index (χ1v) is 8.05. The minimum atomic E-state index is -0.254. The molecule has 25 heavy (non-hydrogen) atoms. The number of aryl methyl sites for hydroxylation is 1. The molecule has 0 atom stereocenters. The van der Waals surface area contributed by atoms with Gasteiger partial charge in [-0.25, -0.2) is 4.98 Å². The minimum absolute atomic E-state index is 0.254. The number of fused-ring (bicyclic) bond motifs is 1. The second-order valence-electron chi connectivity index (χ2n) is 5.79. The summed E-state index contributed by atoms with van der Waals surface area (Å²) in [5.41, 5.74) is 3.68. The maximum absolute atomic E-state index is 12.6. The Bertz CT molecular complexity index is 1030. The number of aromatic nitrogens is 2. The van der Waals surface area contributed by atoms with Crippen LogP contribution in [0.5, 0.6) is 0 Å². The molecular weight excluding hydrogens is 314 g/mol. The molecule has 124 valence electrons. The van der Waals surface area contributed by atoms with E-state index in [1.165, 1.54) is 6.26 Å². The van der Waals surface area contributed by atoms with Crippen LogP contribution in [0.25, 0.3) is 22.2 Å². The van der Waals surface area contributed by atoms with Crippen LogP contribution in [0.15, 0.2) is 71.3 Å². The van der Waals surface area contributed by atoms with E-state index >= 15 is 0 Å². The Morgan fingerprint density at radius 1 is 1.08 bits per heavy atom. The third-order valence-electron chi connectivity index (χ3n) is 4.24. The molecule has 1 amide bonds. The zero-order valence-corrected chi connectivity index (χ0v) is 13.8. The molecule has 0 aliphatic carbocycles. The molecule has 0 aliphatic heterocycles. The fourth-order valence-electron chi connectivity index (χ4n) is 2.92. The van der Waals surface area contributed by atoms with E-state index in [9.17, 15) is 4.79 Å². The normalized spacial score (nSPS) is 10.9. The van der Waals surface area contributed by atoms with E-state index in [0.717, 1.165) is 28.0 Å². The molecule has 1 N–H and O–H groups in total. The number of carbonyl (C=O) groups excluding carboxylic acids is 1. The molecule has 0 aliphatic rings. The molecule has 2 aromatic carbocycles. The summed E-state index contributed by atoms with van der Waals surface area (Å²) >= 11 is 0. The van der Waals surface area contributed by atoms with Crippen molar-refractivity contribution in [1.82, 2.24) is 14.9 Å². The van der Waals surface area contributed by atoms with Gasteiger partial charge in [0, 0.05) is 12.6 Å². The molecule has 0 spiro atoms. The van der Waals surface area contributed by atoms with Crippen molar-refractivity contribution in [1.29, 1.82) is 0 Å². The molecule has 0 fully saturated rings. The summed E-state index contributed by atoms with van der Waals surface area (Å²) in [6, 6.07) is 19.4. The summed E-state index contributed by atoms with van der Waals surface area (Å²) in [6.45, 7) is 0.332. The van der Waals surface area contributed by atoms with Crippen LogP contribution in [0, 0.1) is 0 Å². The van der Waals surface area contributed by atoms with Crippen molar-refractivity contribution in [2.75, 3.05) is 0 Å². The van der Waals surface area contributed by atoms with Gasteiger partial charge < -0.3 is 14.3 Å². The highest BCUT2D eigenvalue weighted by atomic mass is 16.3. The zero-order valence-electron chi connectivity index (χ0n) is 13.8. The quantitative estimate of drug-likeness (QED) is 0.619. The molecule has 2 aromatic heterocycles. The number of benzene rings is 2. The summed E-state index contributed by atoms with van der Waals surface area (Å²) in [4.78, 5) is 17.1. The van der Waals surface area contributed by atoms with Crippen LogP contribution in [0.2, 0.25) is 0 Å². The van der Waals surface area contributed by atoms with Gasteiger partial charge in [-0.1, -0.05) is 42.5 Å². The van der Waals surface area contributed by atoms with Crippen LogP contribution in [0.1, 0.15) is 16.4 Å². The van der Waals surface area contributed by atoms with Gasteiger partial charge in [-0.05, 0) is 23.8 Å². The molecule has 0 unspecified atom stereocenters. The Balaban J connectivity index is 1.55. The van der Waals surface area contributed by atoms with Crippen molar-refractivity contribution >= 4 is 16.9 Å². The van der Waals surface area contributed by atoms with Gasteiger partial charge in [-0.3, -0.25) is 4.79 Å². The maximum atomic E-state index is 12.6. The van der Waals surface area contributed by atoms with Crippen LogP contribution in [0.3, 0.4) is 0 Å². The van der Waals surface area contributed by atoms with E-state index in [-0.39, 0.29) is 5.91 Å². The van der Waals surface area contributed by atoms with Gasteiger partial charge in [0.2, 0.25) is 0 Å². The van der Waals surface area contributed by atoms with Crippen molar-refractivity contribution in [3.63, 3.8) is 0 Å². The van der Waals surface area contributed by atoms with Crippen LogP contribution in [-0.4, -0.2) is 15.5 Å². The van der Waals surface area contributed by atoms with E-state index in [1.807, 2.05) is 66.2 Å². The first kappa shape index (κ1) is 15.2. The highest BCUT2D eigenvalue weighted by molar-refractivity contribution is 5.98.